The Morgan fingerprint density at radius 3 is 3.06 bits per heavy atom. The van der Waals surface area contributed by atoms with Crippen molar-refractivity contribution in [2.45, 2.75) is 39.5 Å². The molecule has 2 heterocycles. The van der Waals surface area contributed by atoms with Gasteiger partial charge < -0.3 is 15.0 Å². The van der Waals surface area contributed by atoms with Gasteiger partial charge >= 0.3 is 0 Å². The van der Waals surface area contributed by atoms with Crippen molar-refractivity contribution in [3.8, 4) is 0 Å². The molecule has 0 amide bonds. The molecule has 1 saturated heterocycles. The van der Waals surface area contributed by atoms with Crippen molar-refractivity contribution >= 4 is 5.95 Å². The summed E-state index contributed by atoms with van der Waals surface area (Å²) in [6.07, 6.45) is 0.211. The van der Waals surface area contributed by atoms with E-state index in [1.807, 2.05) is 13.8 Å². The first-order valence-electron chi connectivity index (χ1n) is 6.16. The number of ether oxygens (including phenoxy) is 1. The summed E-state index contributed by atoms with van der Waals surface area (Å²) in [5.74, 6) is 1.57. The quantitative estimate of drug-likeness (QED) is 0.802. The van der Waals surface area contributed by atoms with Gasteiger partial charge in [-0.05, 0) is 20.8 Å². The molecule has 0 saturated carbocycles. The van der Waals surface area contributed by atoms with Crippen LogP contribution in [0.3, 0.4) is 0 Å². The second kappa shape index (κ2) is 5.46. The van der Waals surface area contributed by atoms with Gasteiger partial charge in [-0.2, -0.15) is 4.98 Å². The van der Waals surface area contributed by atoms with Crippen molar-refractivity contribution in [3.63, 3.8) is 0 Å². The summed E-state index contributed by atoms with van der Waals surface area (Å²) in [5.41, 5.74) is 0. The lowest BCUT2D eigenvalue weighted by Gasteiger charge is -2.30. The van der Waals surface area contributed by atoms with Crippen LogP contribution in [0.5, 0.6) is 0 Å². The molecule has 1 aliphatic heterocycles. The Balaban J connectivity index is 1.92. The predicted molar refractivity (Wildman–Crippen MR) is 66.0 cm³/mol. The lowest BCUT2D eigenvalue weighted by atomic mass is 10.2. The molecular weight excluding hydrogens is 218 g/mol. The van der Waals surface area contributed by atoms with Crippen molar-refractivity contribution in [2.75, 3.05) is 24.5 Å². The predicted octanol–water partition coefficient (Wildman–Crippen LogP) is 0.528. The fourth-order valence-electron chi connectivity index (χ4n) is 1.85. The summed E-state index contributed by atoms with van der Waals surface area (Å²) in [5, 5.41) is 10.6. The van der Waals surface area contributed by atoms with Crippen LogP contribution in [-0.4, -0.2) is 47.0 Å². The number of aromatic amines is 1. The Morgan fingerprint density at radius 2 is 2.35 bits per heavy atom. The zero-order valence-electron chi connectivity index (χ0n) is 10.7. The molecule has 1 atom stereocenters. The molecule has 6 heteroatoms. The van der Waals surface area contributed by atoms with Crippen LogP contribution >= 0.6 is 0 Å². The smallest absolute Gasteiger partial charge is 0.244 e. The van der Waals surface area contributed by atoms with Gasteiger partial charge in [0.15, 0.2) is 5.82 Å². The maximum atomic E-state index is 5.49. The molecule has 96 valence electrons. The van der Waals surface area contributed by atoms with Gasteiger partial charge in [0, 0.05) is 25.7 Å². The molecule has 1 aromatic rings. The summed E-state index contributed by atoms with van der Waals surface area (Å²) >= 11 is 0. The van der Waals surface area contributed by atoms with E-state index >= 15 is 0 Å². The normalized spacial score (nSPS) is 21.2. The molecule has 17 heavy (non-hydrogen) atoms. The molecule has 0 radical (unpaired) electrons. The van der Waals surface area contributed by atoms with E-state index < -0.39 is 0 Å². The topological polar surface area (TPSA) is 66.1 Å². The van der Waals surface area contributed by atoms with Crippen molar-refractivity contribution in [1.82, 2.24) is 20.5 Å². The second-order valence-electron chi connectivity index (χ2n) is 4.74. The fourth-order valence-corrected chi connectivity index (χ4v) is 1.85. The van der Waals surface area contributed by atoms with Crippen molar-refractivity contribution < 1.29 is 4.74 Å². The first-order chi connectivity index (χ1) is 8.15. The first-order valence-corrected chi connectivity index (χ1v) is 6.16. The highest BCUT2D eigenvalue weighted by atomic mass is 16.5. The monoisotopic (exact) mass is 239 g/mol. The van der Waals surface area contributed by atoms with E-state index in [1.165, 1.54) is 0 Å². The molecule has 1 fully saturated rings. The van der Waals surface area contributed by atoms with Crippen LogP contribution in [0, 0.1) is 0 Å². The lowest BCUT2D eigenvalue weighted by molar-refractivity contribution is 0.0615. The number of nitrogens with zero attached hydrogens (tertiary/aromatic N) is 3. The molecule has 2 N–H and O–H groups in total. The van der Waals surface area contributed by atoms with Gasteiger partial charge in [0.25, 0.3) is 0 Å². The van der Waals surface area contributed by atoms with Gasteiger partial charge in [-0.15, -0.1) is 5.10 Å². The number of anilines is 1. The Morgan fingerprint density at radius 1 is 1.53 bits per heavy atom. The van der Waals surface area contributed by atoms with E-state index in [0.717, 1.165) is 31.4 Å². The molecule has 2 rings (SSSR count). The number of rotatable bonds is 4. The molecular formula is C11H21N5O. The number of hydrogen-bond donors (Lipinski definition) is 2. The Bertz CT molecular complexity index is 351. The van der Waals surface area contributed by atoms with Gasteiger partial charge in [-0.25, -0.2) is 0 Å². The lowest BCUT2D eigenvalue weighted by Crippen LogP contribution is -2.49. The molecule has 0 aliphatic carbocycles. The third-order valence-corrected chi connectivity index (χ3v) is 2.72. The van der Waals surface area contributed by atoms with E-state index in [4.69, 9.17) is 4.74 Å². The van der Waals surface area contributed by atoms with Crippen LogP contribution in [-0.2, 0) is 11.3 Å². The van der Waals surface area contributed by atoms with Crippen molar-refractivity contribution in [1.29, 1.82) is 0 Å². The van der Waals surface area contributed by atoms with E-state index in [0.29, 0.717) is 12.6 Å². The summed E-state index contributed by atoms with van der Waals surface area (Å²) < 4.78 is 5.49. The third-order valence-electron chi connectivity index (χ3n) is 2.72. The number of H-pyrrole nitrogens is 1. The summed E-state index contributed by atoms with van der Waals surface area (Å²) in [6.45, 7) is 9.56. The van der Waals surface area contributed by atoms with Crippen LogP contribution in [0.1, 0.15) is 26.6 Å². The van der Waals surface area contributed by atoms with E-state index in [2.05, 4.69) is 32.3 Å². The van der Waals surface area contributed by atoms with Crippen LogP contribution < -0.4 is 10.2 Å². The van der Waals surface area contributed by atoms with E-state index in [9.17, 15) is 0 Å². The SMILES string of the molecule is CC(C)OCc1nc(N2CCN[C@@H](C)C2)n[nH]1. The van der Waals surface area contributed by atoms with Gasteiger partial charge in [0.1, 0.15) is 6.61 Å². The average molecular weight is 239 g/mol. The second-order valence-corrected chi connectivity index (χ2v) is 4.74. The largest absolute Gasteiger partial charge is 0.371 e. The van der Waals surface area contributed by atoms with Crippen molar-refractivity contribution in [3.05, 3.63) is 5.82 Å². The number of nitrogens with one attached hydrogen (secondary N) is 2. The molecule has 0 bridgehead atoms. The number of aromatic nitrogens is 3. The third kappa shape index (κ3) is 3.41. The number of hydrogen-bond acceptors (Lipinski definition) is 5. The van der Waals surface area contributed by atoms with Crippen LogP contribution in [0.15, 0.2) is 0 Å². The van der Waals surface area contributed by atoms with Crippen LogP contribution in [0.25, 0.3) is 0 Å². The molecule has 0 aromatic carbocycles. The van der Waals surface area contributed by atoms with E-state index in [-0.39, 0.29) is 6.10 Å². The summed E-state index contributed by atoms with van der Waals surface area (Å²) in [4.78, 5) is 6.64. The first kappa shape index (κ1) is 12.3. The van der Waals surface area contributed by atoms with Crippen LogP contribution in [0.2, 0.25) is 0 Å². The van der Waals surface area contributed by atoms with Gasteiger partial charge in [-0.3, -0.25) is 5.10 Å². The molecule has 1 aliphatic rings. The maximum absolute atomic E-state index is 5.49. The Labute approximate surface area is 102 Å². The zero-order valence-corrected chi connectivity index (χ0v) is 10.7. The highest BCUT2D eigenvalue weighted by Crippen LogP contribution is 2.10. The van der Waals surface area contributed by atoms with Gasteiger partial charge in [-0.1, -0.05) is 0 Å². The summed E-state index contributed by atoms with van der Waals surface area (Å²) in [7, 11) is 0. The molecule has 0 unspecified atom stereocenters. The van der Waals surface area contributed by atoms with Gasteiger partial charge in [0.05, 0.1) is 6.10 Å². The Hall–Kier alpha value is -1.14. The highest BCUT2D eigenvalue weighted by Gasteiger charge is 2.19. The zero-order chi connectivity index (χ0) is 12.3. The molecule has 1 aromatic heterocycles. The van der Waals surface area contributed by atoms with Gasteiger partial charge in [0.2, 0.25) is 5.95 Å². The molecule has 6 nitrogen and oxygen atoms in total. The fraction of sp³-hybridized carbons (Fsp3) is 0.818. The Kier molecular flexibility index (Phi) is 3.96. The maximum Gasteiger partial charge on any atom is 0.244 e. The summed E-state index contributed by atoms with van der Waals surface area (Å²) in [6, 6.07) is 0.484. The minimum atomic E-state index is 0.211. The highest BCUT2D eigenvalue weighted by molar-refractivity contribution is 5.29. The number of piperazine rings is 1. The minimum absolute atomic E-state index is 0.211. The molecule has 0 spiro atoms. The average Bonchev–Trinajstić information content (AvgIpc) is 2.75. The van der Waals surface area contributed by atoms with E-state index in [1.54, 1.807) is 0 Å². The minimum Gasteiger partial charge on any atom is -0.371 e. The standard InChI is InChI=1S/C11H21N5O/c1-8(2)17-7-10-13-11(15-14-10)16-5-4-12-9(3)6-16/h8-9,12H,4-7H2,1-3H3,(H,13,14,15)/t9-/m0/s1. The van der Waals surface area contributed by atoms with Crippen LogP contribution in [0.4, 0.5) is 5.95 Å². The van der Waals surface area contributed by atoms with Crippen molar-refractivity contribution in [2.24, 2.45) is 0 Å².